The molecule has 2 N–H and O–H groups in total. The van der Waals surface area contributed by atoms with E-state index >= 15 is 0 Å². The fourth-order valence-electron chi connectivity index (χ4n) is 1.72. The third-order valence-electron chi connectivity index (χ3n) is 2.59. The topological polar surface area (TPSA) is 70.2 Å². The van der Waals surface area contributed by atoms with Crippen LogP contribution in [0.3, 0.4) is 0 Å². The summed E-state index contributed by atoms with van der Waals surface area (Å²) >= 11 is 0. The molecule has 0 aliphatic heterocycles. The number of carbonyl (C=O) groups is 1. The van der Waals surface area contributed by atoms with E-state index in [0.717, 1.165) is 6.54 Å². The molecule has 0 radical (unpaired) electrons. The second kappa shape index (κ2) is 7.20. The molecule has 1 aromatic carbocycles. The van der Waals surface area contributed by atoms with Crippen molar-refractivity contribution in [3.05, 3.63) is 54.4 Å². The Hall–Kier alpha value is -2.47. The molecule has 104 valence electrons. The van der Waals surface area contributed by atoms with Crippen LogP contribution in [0.5, 0.6) is 0 Å². The smallest absolute Gasteiger partial charge is 0.252 e. The van der Waals surface area contributed by atoms with Crippen LogP contribution in [0.25, 0.3) is 0 Å². The predicted octanol–water partition coefficient (Wildman–Crippen LogP) is 1.05. The molecular weight excluding hydrogens is 254 g/mol. The Labute approximate surface area is 117 Å². The molecule has 2 aromatic rings. The average Bonchev–Trinajstić information content (AvgIpc) is 2.47. The van der Waals surface area contributed by atoms with Crippen LogP contribution in [0.4, 0.5) is 5.95 Å². The third-order valence-corrected chi connectivity index (χ3v) is 2.59. The molecule has 0 aliphatic carbocycles. The lowest BCUT2D eigenvalue weighted by Crippen LogP contribution is -2.38. The number of carbonyl (C=O) groups excluding carboxylic acids is 1. The van der Waals surface area contributed by atoms with Gasteiger partial charge in [0.1, 0.15) is 0 Å². The monoisotopic (exact) mass is 271 g/mol. The number of anilines is 1. The van der Waals surface area contributed by atoms with Gasteiger partial charge < -0.3 is 0 Å². The van der Waals surface area contributed by atoms with Crippen molar-refractivity contribution in [3.63, 3.8) is 0 Å². The van der Waals surface area contributed by atoms with E-state index in [1.807, 2.05) is 42.3 Å². The zero-order valence-electron chi connectivity index (χ0n) is 11.3. The Morgan fingerprint density at radius 2 is 1.85 bits per heavy atom. The maximum Gasteiger partial charge on any atom is 0.252 e. The number of likely N-dealkylation sites (N-methyl/N-ethyl adjacent to an activating group) is 1. The largest absolute Gasteiger partial charge is 0.293 e. The first kappa shape index (κ1) is 14.0. The van der Waals surface area contributed by atoms with Gasteiger partial charge in [-0.15, -0.1) is 0 Å². The van der Waals surface area contributed by atoms with Gasteiger partial charge in [-0.3, -0.25) is 20.5 Å². The van der Waals surface area contributed by atoms with Gasteiger partial charge in [0.05, 0.1) is 6.54 Å². The quantitative estimate of drug-likeness (QED) is 0.769. The van der Waals surface area contributed by atoms with Gasteiger partial charge >= 0.3 is 0 Å². The molecule has 0 atom stereocenters. The van der Waals surface area contributed by atoms with Crippen molar-refractivity contribution in [2.24, 2.45) is 0 Å². The molecule has 2 rings (SSSR count). The molecule has 6 heteroatoms. The van der Waals surface area contributed by atoms with Crippen molar-refractivity contribution in [1.29, 1.82) is 0 Å². The molecule has 0 aliphatic rings. The van der Waals surface area contributed by atoms with Gasteiger partial charge in [0.25, 0.3) is 5.91 Å². The van der Waals surface area contributed by atoms with Crippen LogP contribution < -0.4 is 10.9 Å². The second-order valence-electron chi connectivity index (χ2n) is 4.40. The molecule has 6 nitrogen and oxygen atoms in total. The van der Waals surface area contributed by atoms with Gasteiger partial charge in [0.2, 0.25) is 5.95 Å². The normalized spacial score (nSPS) is 10.3. The van der Waals surface area contributed by atoms with Gasteiger partial charge in [0.15, 0.2) is 0 Å². The minimum Gasteiger partial charge on any atom is -0.293 e. The number of benzene rings is 1. The molecule has 1 amide bonds. The molecule has 0 saturated carbocycles. The van der Waals surface area contributed by atoms with Crippen molar-refractivity contribution in [2.75, 3.05) is 19.0 Å². The highest BCUT2D eigenvalue weighted by Gasteiger charge is 2.07. The second-order valence-corrected chi connectivity index (χ2v) is 4.40. The van der Waals surface area contributed by atoms with Gasteiger partial charge in [-0.1, -0.05) is 30.3 Å². The molecule has 0 spiro atoms. The minimum atomic E-state index is -0.143. The summed E-state index contributed by atoms with van der Waals surface area (Å²) < 4.78 is 0. The van der Waals surface area contributed by atoms with Crippen LogP contribution in [-0.4, -0.2) is 34.4 Å². The minimum absolute atomic E-state index is 0.143. The lowest BCUT2D eigenvalue weighted by Gasteiger charge is -2.16. The van der Waals surface area contributed by atoms with Gasteiger partial charge in [-0.05, 0) is 18.7 Å². The molecule has 0 saturated heterocycles. The number of aromatic nitrogens is 2. The van der Waals surface area contributed by atoms with Crippen molar-refractivity contribution in [2.45, 2.75) is 6.54 Å². The van der Waals surface area contributed by atoms with Crippen molar-refractivity contribution in [3.8, 4) is 0 Å². The summed E-state index contributed by atoms with van der Waals surface area (Å²) in [6.07, 6.45) is 3.20. The lowest BCUT2D eigenvalue weighted by atomic mass is 10.2. The first-order chi connectivity index (χ1) is 9.74. The van der Waals surface area contributed by atoms with Gasteiger partial charge in [-0.2, -0.15) is 0 Å². The number of hydrogen-bond acceptors (Lipinski definition) is 5. The third kappa shape index (κ3) is 4.66. The summed E-state index contributed by atoms with van der Waals surface area (Å²) in [4.78, 5) is 21.6. The summed E-state index contributed by atoms with van der Waals surface area (Å²) in [5.74, 6) is 0.224. The Morgan fingerprint density at radius 3 is 2.55 bits per heavy atom. The number of rotatable bonds is 6. The number of hydrazine groups is 1. The van der Waals surface area contributed by atoms with Crippen LogP contribution in [-0.2, 0) is 11.3 Å². The average molecular weight is 271 g/mol. The van der Waals surface area contributed by atoms with Crippen LogP contribution in [0, 0.1) is 0 Å². The highest BCUT2D eigenvalue weighted by atomic mass is 16.2. The van der Waals surface area contributed by atoms with E-state index in [1.54, 1.807) is 18.5 Å². The fourth-order valence-corrected chi connectivity index (χ4v) is 1.72. The molecule has 1 heterocycles. The van der Waals surface area contributed by atoms with E-state index in [-0.39, 0.29) is 12.5 Å². The predicted molar refractivity (Wildman–Crippen MR) is 76.6 cm³/mol. The molecule has 1 aromatic heterocycles. The van der Waals surface area contributed by atoms with Crippen LogP contribution in [0.2, 0.25) is 0 Å². The van der Waals surface area contributed by atoms with E-state index in [1.165, 1.54) is 5.56 Å². The van der Waals surface area contributed by atoms with E-state index in [4.69, 9.17) is 0 Å². The Morgan fingerprint density at radius 1 is 1.15 bits per heavy atom. The highest BCUT2D eigenvalue weighted by molar-refractivity contribution is 5.78. The molecule has 0 bridgehead atoms. The van der Waals surface area contributed by atoms with Crippen LogP contribution >= 0.6 is 0 Å². The summed E-state index contributed by atoms with van der Waals surface area (Å²) in [6.45, 7) is 1.00. The van der Waals surface area contributed by atoms with E-state index in [0.29, 0.717) is 5.95 Å². The summed E-state index contributed by atoms with van der Waals surface area (Å²) in [7, 11) is 1.89. The molecule has 20 heavy (non-hydrogen) atoms. The van der Waals surface area contributed by atoms with E-state index < -0.39 is 0 Å². The number of amides is 1. The Balaban J connectivity index is 1.74. The Bertz CT molecular complexity index is 532. The first-order valence-corrected chi connectivity index (χ1v) is 6.28. The molecule has 0 fully saturated rings. The summed E-state index contributed by atoms with van der Waals surface area (Å²) in [6, 6.07) is 11.7. The van der Waals surface area contributed by atoms with E-state index in [2.05, 4.69) is 20.8 Å². The number of hydrogen-bond donors (Lipinski definition) is 2. The maximum absolute atomic E-state index is 11.7. The van der Waals surface area contributed by atoms with Crippen molar-refractivity contribution < 1.29 is 4.79 Å². The summed E-state index contributed by atoms with van der Waals surface area (Å²) in [5.41, 5.74) is 6.39. The van der Waals surface area contributed by atoms with Crippen LogP contribution in [0.1, 0.15) is 5.56 Å². The zero-order valence-corrected chi connectivity index (χ0v) is 11.3. The van der Waals surface area contributed by atoms with Crippen LogP contribution in [0.15, 0.2) is 48.8 Å². The van der Waals surface area contributed by atoms with Gasteiger partial charge in [0, 0.05) is 18.9 Å². The van der Waals surface area contributed by atoms with Gasteiger partial charge in [-0.25, -0.2) is 9.97 Å². The number of nitrogens with one attached hydrogen (secondary N) is 2. The highest BCUT2D eigenvalue weighted by Crippen LogP contribution is 2.01. The lowest BCUT2D eigenvalue weighted by molar-refractivity contribution is -0.121. The SMILES string of the molecule is CN(CC(=O)NNc1ncccn1)Cc1ccccc1. The summed E-state index contributed by atoms with van der Waals surface area (Å²) in [5, 5.41) is 0. The Kier molecular flexibility index (Phi) is 5.02. The molecular formula is C14H17N5O. The van der Waals surface area contributed by atoms with Crippen molar-refractivity contribution >= 4 is 11.9 Å². The number of nitrogens with zero attached hydrogens (tertiary/aromatic N) is 3. The van der Waals surface area contributed by atoms with Crippen molar-refractivity contribution in [1.82, 2.24) is 20.3 Å². The zero-order chi connectivity index (χ0) is 14.2. The first-order valence-electron chi connectivity index (χ1n) is 6.28. The van der Waals surface area contributed by atoms with E-state index in [9.17, 15) is 4.79 Å². The molecule has 0 unspecified atom stereocenters. The standard InChI is InChI=1S/C14H17N5O/c1-19(10-12-6-3-2-4-7-12)11-13(20)17-18-14-15-8-5-9-16-14/h2-9H,10-11H2,1H3,(H,17,20)(H,15,16,18). The fraction of sp³-hybridized carbons (Fsp3) is 0.214. The maximum atomic E-state index is 11.7.